The Morgan fingerprint density at radius 1 is 1.16 bits per heavy atom. The summed E-state index contributed by atoms with van der Waals surface area (Å²) in [5.74, 6) is -0.0930. The van der Waals surface area contributed by atoms with Crippen LogP contribution in [0.1, 0.15) is 16.8 Å². The SMILES string of the molecule is COCCN1CC(NC(=O)c2ccccc2-c2ccccc2)CC1=O. The predicted octanol–water partition coefficient (Wildman–Crippen LogP) is 2.33. The third-order valence-corrected chi connectivity index (χ3v) is 4.37. The zero-order valence-electron chi connectivity index (χ0n) is 14.3. The summed E-state index contributed by atoms with van der Waals surface area (Å²) in [6, 6.07) is 17.2. The van der Waals surface area contributed by atoms with Crippen LogP contribution in [0.3, 0.4) is 0 Å². The highest BCUT2D eigenvalue weighted by Crippen LogP contribution is 2.23. The minimum Gasteiger partial charge on any atom is -0.383 e. The first-order valence-electron chi connectivity index (χ1n) is 8.41. The lowest BCUT2D eigenvalue weighted by atomic mass is 9.99. The Hall–Kier alpha value is -2.66. The van der Waals surface area contributed by atoms with E-state index >= 15 is 0 Å². The summed E-state index contributed by atoms with van der Waals surface area (Å²) in [5.41, 5.74) is 2.51. The van der Waals surface area contributed by atoms with Crippen molar-refractivity contribution in [2.24, 2.45) is 0 Å². The Morgan fingerprint density at radius 3 is 2.64 bits per heavy atom. The summed E-state index contributed by atoms with van der Waals surface area (Å²) in [6.45, 7) is 1.59. The zero-order chi connectivity index (χ0) is 17.6. The van der Waals surface area contributed by atoms with E-state index in [2.05, 4.69) is 5.32 Å². The van der Waals surface area contributed by atoms with Gasteiger partial charge < -0.3 is 15.0 Å². The van der Waals surface area contributed by atoms with E-state index in [0.29, 0.717) is 31.7 Å². The second-order valence-corrected chi connectivity index (χ2v) is 6.12. The van der Waals surface area contributed by atoms with Crippen LogP contribution in [-0.4, -0.2) is 49.6 Å². The van der Waals surface area contributed by atoms with Crippen LogP contribution in [0.5, 0.6) is 0 Å². The molecule has 1 unspecified atom stereocenters. The highest BCUT2D eigenvalue weighted by Gasteiger charge is 2.30. The summed E-state index contributed by atoms with van der Waals surface area (Å²) in [6.07, 6.45) is 0.336. The highest BCUT2D eigenvalue weighted by molar-refractivity contribution is 6.01. The van der Waals surface area contributed by atoms with E-state index in [0.717, 1.165) is 11.1 Å². The van der Waals surface area contributed by atoms with Crippen molar-refractivity contribution in [2.75, 3.05) is 26.8 Å². The number of nitrogens with zero attached hydrogens (tertiary/aromatic N) is 1. The molecule has 1 saturated heterocycles. The second-order valence-electron chi connectivity index (χ2n) is 6.12. The fourth-order valence-electron chi connectivity index (χ4n) is 3.10. The summed E-state index contributed by atoms with van der Waals surface area (Å²) >= 11 is 0. The molecule has 0 saturated carbocycles. The quantitative estimate of drug-likeness (QED) is 0.879. The van der Waals surface area contributed by atoms with Crippen LogP contribution < -0.4 is 5.32 Å². The standard InChI is InChI=1S/C20H22N2O3/c1-25-12-11-22-14-16(13-19(22)23)21-20(24)18-10-6-5-9-17(18)15-7-3-2-4-8-15/h2-10,16H,11-14H2,1H3,(H,21,24). The molecule has 0 spiro atoms. The molecule has 130 valence electrons. The third kappa shape index (κ3) is 4.06. The normalized spacial score (nSPS) is 16.9. The Morgan fingerprint density at radius 2 is 1.88 bits per heavy atom. The number of methoxy groups -OCH3 is 1. The summed E-state index contributed by atoms with van der Waals surface area (Å²) < 4.78 is 5.02. The molecule has 1 aliphatic heterocycles. The van der Waals surface area contributed by atoms with Crippen molar-refractivity contribution in [1.29, 1.82) is 0 Å². The fourth-order valence-corrected chi connectivity index (χ4v) is 3.10. The number of ether oxygens (including phenoxy) is 1. The van der Waals surface area contributed by atoms with Gasteiger partial charge >= 0.3 is 0 Å². The Balaban J connectivity index is 1.72. The molecule has 1 aliphatic rings. The Kier molecular flexibility index (Phi) is 5.46. The van der Waals surface area contributed by atoms with Gasteiger partial charge in [0.15, 0.2) is 0 Å². The Bertz CT molecular complexity index is 746. The number of hydrogen-bond donors (Lipinski definition) is 1. The van der Waals surface area contributed by atoms with Gasteiger partial charge in [-0.15, -0.1) is 0 Å². The largest absolute Gasteiger partial charge is 0.383 e. The molecule has 2 aromatic rings. The topological polar surface area (TPSA) is 58.6 Å². The van der Waals surface area contributed by atoms with Gasteiger partial charge in [-0.05, 0) is 17.2 Å². The van der Waals surface area contributed by atoms with Crippen LogP contribution in [-0.2, 0) is 9.53 Å². The fraction of sp³-hybridized carbons (Fsp3) is 0.300. The van der Waals surface area contributed by atoms with E-state index in [9.17, 15) is 9.59 Å². The molecule has 1 N–H and O–H groups in total. The average Bonchev–Trinajstić information content (AvgIpc) is 2.99. The van der Waals surface area contributed by atoms with Gasteiger partial charge in [0.05, 0.1) is 12.6 Å². The molecular formula is C20H22N2O3. The van der Waals surface area contributed by atoms with Crippen molar-refractivity contribution < 1.29 is 14.3 Å². The number of amides is 2. The van der Waals surface area contributed by atoms with Crippen molar-refractivity contribution in [3.63, 3.8) is 0 Å². The first-order chi connectivity index (χ1) is 12.2. The van der Waals surface area contributed by atoms with E-state index in [4.69, 9.17) is 4.74 Å². The Labute approximate surface area is 147 Å². The molecule has 3 rings (SSSR count). The minimum atomic E-state index is -0.166. The molecular weight excluding hydrogens is 316 g/mol. The van der Waals surface area contributed by atoms with Gasteiger partial charge in [-0.25, -0.2) is 0 Å². The van der Waals surface area contributed by atoms with Gasteiger partial charge in [0, 0.05) is 32.2 Å². The first-order valence-corrected chi connectivity index (χ1v) is 8.41. The van der Waals surface area contributed by atoms with Crippen molar-refractivity contribution in [2.45, 2.75) is 12.5 Å². The molecule has 5 nitrogen and oxygen atoms in total. The first kappa shape index (κ1) is 17.2. The maximum absolute atomic E-state index is 12.8. The number of hydrogen-bond acceptors (Lipinski definition) is 3. The number of likely N-dealkylation sites (tertiary alicyclic amines) is 1. The molecule has 25 heavy (non-hydrogen) atoms. The van der Waals surface area contributed by atoms with Crippen LogP contribution in [0.25, 0.3) is 11.1 Å². The smallest absolute Gasteiger partial charge is 0.252 e. The minimum absolute atomic E-state index is 0.0543. The lowest BCUT2D eigenvalue weighted by Gasteiger charge is -2.17. The molecule has 0 aromatic heterocycles. The van der Waals surface area contributed by atoms with Gasteiger partial charge in [0.2, 0.25) is 5.91 Å². The van der Waals surface area contributed by atoms with Crippen LogP contribution in [0.15, 0.2) is 54.6 Å². The van der Waals surface area contributed by atoms with E-state index in [1.807, 2.05) is 54.6 Å². The molecule has 0 bridgehead atoms. The molecule has 2 aromatic carbocycles. The van der Waals surface area contributed by atoms with Gasteiger partial charge in [0.25, 0.3) is 5.91 Å². The second kappa shape index (κ2) is 7.94. The molecule has 1 atom stereocenters. The van der Waals surface area contributed by atoms with Gasteiger partial charge in [0.1, 0.15) is 0 Å². The molecule has 2 amide bonds. The van der Waals surface area contributed by atoms with Crippen LogP contribution in [0.2, 0.25) is 0 Å². The number of nitrogens with one attached hydrogen (secondary N) is 1. The third-order valence-electron chi connectivity index (χ3n) is 4.37. The molecule has 0 aliphatic carbocycles. The van der Waals surface area contributed by atoms with Crippen LogP contribution in [0, 0.1) is 0 Å². The number of carbonyl (C=O) groups is 2. The van der Waals surface area contributed by atoms with E-state index in [-0.39, 0.29) is 17.9 Å². The van der Waals surface area contributed by atoms with Gasteiger partial charge in [-0.1, -0.05) is 48.5 Å². The zero-order valence-corrected chi connectivity index (χ0v) is 14.3. The van der Waals surface area contributed by atoms with E-state index < -0.39 is 0 Å². The van der Waals surface area contributed by atoms with Gasteiger partial charge in [-0.3, -0.25) is 9.59 Å². The number of rotatable bonds is 6. The molecule has 1 heterocycles. The van der Waals surface area contributed by atoms with Gasteiger partial charge in [-0.2, -0.15) is 0 Å². The van der Waals surface area contributed by atoms with Crippen molar-refractivity contribution in [1.82, 2.24) is 10.2 Å². The molecule has 1 fully saturated rings. The maximum Gasteiger partial charge on any atom is 0.252 e. The van der Waals surface area contributed by atoms with Crippen LogP contribution >= 0.6 is 0 Å². The molecule has 0 radical (unpaired) electrons. The van der Waals surface area contributed by atoms with Crippen molar-refractivity contribution in [3.05, 3.63) is 60.2 Å². The van der Waals surface area contributed by atoms with Crippen molar-refractivity contribution in [3.8, 4) is 11.1 Å². The molecule has 5 heteroatoms. The monoisotopic (exact) mass is 338 g/mol. The highest BCUT2D eigenvalue weighted by atomic mass is 16.5. The van der Waals surface area contributed by atoms with Crippen molar-refractivity contribution >= 4 is 11.8 Å². The lowest BCUT2D eigenvalue weighted by Crippen LogP contribution is -2.38. The maximum atomic E-state index is 12.8. The summed E-state index contributed by atoms with van der Waals surface area (Å²) in [7, 11) is 1.61. The average molecular weight is 338 g/mol. The number of benzene rings is 2. The lowest BCUT2D eigenvalue weighted by molar-refractivity contribution is -0.128. The van der Waals surface area contributed by atoms with E-state index in [1.165, 1.54) is 0 Å². The van der Waals surface area contributed by atoms with E-state index in [1.54, 1.807) is 12.0 Å². The predicted molar refractivity (Wildman–Crippen MR) is 96.2 cm³/mol. The van der Waals surface area contributed by atoms with Crippen LogP contribution in [0.4, 0.5) is 0 Å². The summed E-state index contributed by atoms with van der Waals surface area (Å²) in [4.78, 5) is 26.5. The number of carbonyl (C=O) groups excluding carboxylic acids is 2. The summed E-state index contributed by atoms with van der Waals surface area (Å²) in [5, 5.41) is 3.00.